The largest absolute Gasteiger partial charge is 0.478 e. The minimum absolute atomic E-state index is 0.206. The molecule has 4 heteroatoms. The molecule has 0 aliphatic heterocycles. The van der Waals surface area contributed by atoms with Crippen LogP contribution in [0.3, 0.4) is 0 Å². The zero-order valence-corrected chi connectivity index (χ0v) is 9.39. The molecule has 0 fully saturated rings. The van der Waals surface area contributed by atoms with E-state index in [4.69, 9.17) is 5.11 Å². The number of hydrogen-bond donors (Lipinski definition) is 1. The number of carbonyl (C=O) groups is 1. The van der Waals surface area contributed by atoms with Gasteiger partial charge < -0.3 is 5.11 Å². The number of nitrogens with zero attached hydrogens (tertiary/aromatic N) is 2. The molecule has 16 heavy (non-hydrogen) atoms. The summed E-state index contributed by atoms with van der Waals surface area (Å²) in [6.07, 6.45) is 1.73. The second kappa shape index (κ2) is 6.02. The summed E-state index contributed by atoms with van der Waals surface area (Å²) in [6, 6.07) is 5.70. The van der Waals surface area contributed by atoms with Crippen LogP contribution >= 0.6 is 0 Å². The molecule has 0 aliphatic carbocycles. The number of likely N-dealkylation sites (N-methyl/N-ethyl adjacent to an activating group) is 1. The Morgan fingerprint density at radius 1 is 1.56 bits per heavy atom. The third-order valence-corrected chi connectivity index (χ3v) is 2.28. The van der Waals surface area contributed by atoms with Gasteiger partial charge in [0, 0.05) is 24.9 Å². The summed E-state index contributed by atoms with van der Waals surface area (Å²) in [5.74, 6) is -0.945. The van der Waals surface area contributed by atoms with Gasteiger partial charge in [0.05, 0.1) is 5.69 Å². The molecule has 4 nitrogen and oxygen atoms in total. The average molecular weight is 220 g/mol. The van der Waals surface area contributed by atoms with Gasteiger partial charge in [-0.15, -0.1) is 0 Å². The molecule has 1 aromatic rings. The van der Waals surface area contributed by atoms with Gasteiger partial charge in [0.1, 0.15) is 0 Å². The number of carboxylic acid groups (broad SMARTS) is 1. The molecule has 0 amide bonds. The van der Waals surface area contributed by atoms with Crippen LogP contribution in [0.4, 0.5) is 0 Å². The number of aromatic nitrogens is 1. The van der Waals surface area contributed by atoms with Crippen molar-refractivity contribution in [2.24, 2.45) is 0 Å². The molecular formula is C12H16N2O2. The van der Waals surface area contributed by atoms with Crippen LogP contribution in [0, 0.1) is 0 Å². The molecule has 1 heterocycles. The van der Waals surface area contributed by atoms with E-state index in [9.17, 15) is 4.79 Å². The lowest BCUT2D eigenvalue weighted by molar-refractivity contribution is -0.132. The maximum atomic E-state index is 10.7. The molecule has 1 rings (SSSR count). The Hall–Kier alpha value is -1.68. The van der Waals surface area contributed by atoms with Crippen LogP contribution in [-0.4, -0.2) is 34.0 Å². The molecule has 0 aromatic carbocycles. The molecule has 86 valence electrons. The molecule has 0 unspecified atom stereocenters. The highest BCUT2D eigenvalue weighted by atomic mass is 16.4. The topological polar surface area (TPSA) is 53.4 Å². The van der Waals surface area contributed by atoms with Crippen LogP contribution in [0.5, 0.6) is 0 Å². The summed E-state index contributed by atoms with van der Waals surface area (Å²) in [7, 11) is 0. The van der Waals surface area contributed by atoms with E-state index in [1.54, 1.807) is 6.20 Å². The molecule has 1 aromatic heterocycles. The lowest BCUT2D eigenvalue weighted by Crippen LogP contribution is -2.27. The highest BCUT2D eigenvalue weighted by Gasteiger charge is 2.10. The zero-order valence-electron chi connectivity index (χ0n) is 9.39. The van der Waals surface area contributed by atoms with E-state index >= 15 is 0 Å². The Balaban J connectivity index is 2.56. The summed E-state index contributed by atoms with van der Waals surface area (Å²) >= 11 is 0. The van der Waals surface area contributed by atoms with Crippen LogP contribution in [0.25, 0.3) is 0 Å². The van der Waals surface area contributed by atoms with Gasteiger partial charge in [-0.25, -0.2) is 4.79 Å². The monoisotopic (exact) mass is 220 g/mol. The van der Waals surface area contributed by atoms with Crippen LogP contribution in [0.15, 0.2) is 36.5 Å². The fourth-order valence-corrected chi connectivity index (χ4v) is 1.34. The lowest BCUT2D eigenvalue weighted by atomic mass is 10.2. The van der Waals surface area contributed by atoms with Gasteiger partial charge in [0.2, 0.25) is 0 Å². The quantitative estimate of drug-likeness (QED) is 0.739. The zero-order chi connectivity index (χ0) is 12.0. The number of pyridine rings is 1. The first-order valence-corrected chi connectivity index (χ1v) is 5.16. The molecule has 0 radical (unpaired) electrons. The third-order valence-electron chi connectivity index (χ3n) is 2.28. The third kappa shape index (κ3) is 3.82. The van der Waals surface area contributed by atoms with Gasteiger partial charge in [-0.1, -0.05) is 19.6 Å². The van der Waals surface area contributed by atoms with Crippen molar-refractivity contribution >= 4 is 5.97 Å². The summed E-state index contributed by atoms with van der Waals surface area (Å²) in [5.41, 5.74) is 1.14. The summed E-state index contributed by atoms with van der Waals surface area (Å²) in [4.78, 5) is 16.8. The number of aliphatic carboxylic acids is 1. The fraction of sp³-hybridized carbons (Fsp3) is 0.333. The average Bonchev–Trinajstić information content (AvgIpc) is 2.29. The van der Waals surface area contributed by atoms with E-state index in [0.717, 1.165) is 12.2 Å². The first kappa shape index (κ1) is 12.4. The second-order valence-electron chi connectivity index (χ2n) is 3.53. The SMILES string of the molecule is C=C(CN(CC)Cc1ccccn1)C(=O)O. The van der Waals surface area contributed by atoms with Gasteiger partial charge in [-0.2, -0.15) is 0 Å². The van der Waals surface area contributed by atoms with Crippen molar-refractivity contribution in [2.75, 3.05) is 13.1 Å². The van der Waals surface area contributed by atoms with Gasteiger partial charge in [0.15, 0.2) is 0 Å². The highest BCUT2D eigenvalue weighted by molar-refractivity contribution is 5.86. The van der Waals surface area contributed by atoms with Crippen molar-refractivity contribution in [2.45, 2.75) is 13.5 Å². The van der Waals surface area contributed by atoms with Crippen molar-refractivity contribution in [1.29, 1.82) is 0 Å². The van der Waals surface area contributed by atoms with Crippen molar-refractivity contribution < 1.29 is 9.90 Å². The normalized spacial score (nSPS) is 10.4. The summed E-state index contributed by atoms with van der Waals surface area (Å²) in [6.45, 7) is 7.28. The summed E-state index contributed by atoms with van der Waals surface area (Å²) in [5, 5.41) is 8.75. The molecule has 0 atom stereocenters. The van der Waals surface area contributed by atoms with Crippen LogP contribution in [0.2, 0.25) is 0 Å². The molecule has 0 saturated heterocycles. The molecule has 0 aliphatic rings. The maximum absolute atomic E-state index is 10.7. The smallest absolute Gasteiger partial charge is 0.332 e. The molecule has 0 saturated carbocycles. The van der Waals surface area contributed by atoms with Gasteiger partial charge >= 0.3 is 5.97 Å². The number of rotatable bonds is 6. The molecule has 0 bridgehead atoms. The van der Waals surface area contributed by atoms with Gasteiger partial charge in [0.25, 0.3) is 0 Å². The second-order valence-corrected chi connectivity index (χ2v) is 3.53. The first-order valence-electron chi connectivity index (χ1n) is 5.16. The van der Waals surface area contributed by atoms with E-state index in [2.05, 4.69) is 11.6 Å². The standard InChI is InChI=1S/C12H16N2O2/c1-3-14(8-10(2)12(15)16)9-11-6-4-5-7-13-11/h4-7H,2-3,8-9H2,1H3,(H,15,16). The van der Waals surface area contributed by atoms with E-state index in [0.29, 0.717) is 13.1 Å². The van der Waals surface area contributed by atoms with Crippen LogP contribution in [-0.2, 0) is 11.3 Å². The first-order chi connectivity index (χ1) is 7.63. The highest BCUT2D eigenvalue weighted by Crippen LogP contribution is 2.03. The Kier molecular flexibility index (Phi) is 4.66. The molecule has 0 spiro atoms. The predicted molar refractivity (Wildman–Crippen MR) is 62.0 cm³/mol. The Bertz CT molecular complexity index is 363. The van der Waals surface area contributed by atoms with E-state index < -0.39 is 5.97 Å². The van der Waals surface area contributed by atoms with Crippen molar-refractivity contribution in [3.63, 3.8) is 0 Å². The Morgan fingerprint density at radius 2 is 2.31 bits per heavy atom. The lowest BCUT2D eigenvalue weighted by Gasteiger charge is -2.19. The minimum atomic E-state index is -0.945. The van der Waals surface area contributed by atoms with Crippen molar-refractivity contribution in [3.8, 4) is 0 Å². The van der Waals surface area contributed by atoms with Gasteiger partial charge in [-0.3, -0.25) is 9.88 Å². The Morgan fingerprint density at radius 3 is 2.81 bits per heavy atom. The number of hydrogen-bond acceptors (Lipinski definition) is 3. The van der Waals surface area contributed by atoms with E-state index in [1.165, 1.54) is 0 Å². The minimum Gasteiger partial charge on any atom is -0.478 e. The van der Waals surface area contributed by atoms with E-state index in [1.807, 2.05) is 30.0 Å². The van der Waals surface area contributed by atoms with Crippen molar-refractivity contribution in [1.82, 2.24) is 9.88 Å². The fourth-order valence-electron chi connectivity index (χ4n) is 1.34. The Labute approximate surface area is 95.2 Å². The van der Waals surface area contributed by atoms with Gasteiger partial charge in [-0.05, 0) is 18.7 Å². The molecular weight excluding hydrogens is 204 g/mol. The maximum Gasteiger partial charge on any atom is 0.332 e. The number of carboxylic acids is 1. The van der Waals surface area contributed by atoms with E-state index in [-0.39, 0.29) is 5.57 Å². The molecule has 1 N–H and O–H groups in total. The predicted octanol–water partition coefficient (Wildman–Crippen LogP) is 1.54. The van der Waals surface area contributed by atoms with Crippen molar-refractivity contribution in [3.05, 3.63) is 42.2 Å². The summed E-state index contributed by atoms with van der Waals surface area (Å²) < 4.78 is 0. The van der Waals surface area contributed by atoms with Crippen LogP contribution < -0.4 is 0 Å². The van der Waals surface area contributed by atoms with Crippen LogP contribution in [0.1, 0.15) is 12.6 Å².